The van der Waals surface area contributed by atoms with Crippen molar-refractivity contribution < 1.29 is 24.6 Å². The Morgan fingerprint density at radius 1 is 1.19 bits per heavy atom. The Morgan fingerprint density at radius 3 is 2.12 bits per heavy atom. The molecule has 0 saturated carbocycles. The standard InChI is InChI=1S/C9H16N2O5/c10-3-1-2-6(11)5(4-7(12)13)8(14)9(15)16/h5-6H,1-4,10-11H2,(H,12,13)(H,15,16). The summed E-state index contributed by atoms with van der Waals surface area (Å²) in [6, 6.07) is -0.789. The fraction of sp³-hybridized carbons (Fsp3) is 0.667. The van der Waals surface area contributed by atoms with E-state index in [4.69, 9.17) is 21.7 Å². The fourth-order valence-corrected chi connectivity index (χ4v) is 1.34. The highest BCUT2D eigenvalue weighted by molar-refractivity contribution is 6.34. The predicted octanol–water partition coefficient (Wildman–Crippen LogP) is -1.20. The molecule has 0 aromatic rings. The van der Waals surface area contributed by atoms with E-state index in [0.717, 1.165) is 0 Å². The molecule has 0 fully saturated rings. The Kier molecular flexibility index (Phi) is 6.28. The largest absolute Gasteiger partial charge is 0.481 e. The van der Waals surface area contributed by atoms with Crippen LogP contribution in [0.2, 0.25) is 0 Å². The van der Waals surface area contributed by atoms with Crippen LogP contribution in [-0.2, 0) is 14.4 Å². The van der Waals surface area contributed by atoms with Crippen molar-refractivity contribution in [1.29, 1.82) is 0 Å². The van der Waals surface area contributed by atoms with Crippen LogP contribution >= 0.6 is 0 Å². The molecule has 0 heterocycles. The van der Waals surface area contributed by atoms with E-state index in [1.54, 1.807) is 0 Å². The number of aliphatic carboxylic acids is 2. The van der Waals surface area contributed by atoms with Gasteiger partial charge >= 0.3 is 11.9 Å². The first kappa shape index (κ1) is 14.5. The van der Waals surface area contributed by atoms with Gasteiger partial charge in [0, 0.05) is 6.04 Å². The summed E-state index contributed by atoms with van der Waals surface area (Å²) >= 11 is 0. The van der Waals surface area contributed by atoms with Gasteiger partial charge in [-0.2, -0.15) is 0 Å². The van der Waals surface area contributed by atoms with Gasteiger partial charge in [-0.05, 0) is 19.4 Å². The maximum Gasteiger partial charge on any atom is 0.372 e. The zero-order chi connectivity index (χ0) is 12.7. The van der Waals surface area contributed by atoms with Crippen molar-refractivity contribution in [3.63, 3.8) is 0 Å². The smallest absolute Gasteiger partial charge is 0.372 e. The topological polar surface area (TPSA) is 144 Å². The molecule has 0 aromatic carbocycles. The van der Waals surface area contributed by atoms with Crippen molar-refractivity contribution in [2.24, 2.45) is 17.4 Å². The van der Waals surface area contributed by atoms with Gasteiger partial charge in [-0.25, -0.2) is 4.79 Å². The minimum Gasteiger partial charge on any atom is -0.481 e. The SMILES string of the molecule is NCCCC(N)C(CC(=O)O)C(=O)C(=O)O. The second-order valence-electron chi connectivity index (χ2n) is 3.47. The van der Waals surface area contributed by atoms with Crippen LogP contribution in [0.3, 0.4) is 0 Å². The molecule has 7 nitrogen and oxygen atoms in total. The first-order valence-corrected chi connectivity index (χ1v) is 4.84. The molecule has 0 spiro atoms. The lowest BCUT2D eigenvalue weighted by atomic mass is 9.89. The van der Waals surface area contributed by atoms with Gasteiger partial charge in [0.05, 0.1) is 12.3 Å². The van der Waals surface area contributed by atoms with Crippen LogP contribution in [0.15, 0.2) is 0 Å². The van der Waals surface area contributed by atoms with Gasteiger partial charge in [0.15, 0.2) is 0 Å². The lowest BCUT2D eigenvalue weighted by Gasteiger charge is -2.19. The molecule has 0 radical (unpaired) electrons. The summed E-state index contributed by atoms with van der Waals surface area (Å²) in [5.74, 6) is -5.26. The van der Waals surface area contributed by atoms with Crippen molar-refractivity contribution in [3.8, 4) is 0 Å². The Bertz CT molecular complexity index is 279. The molecule has 2 atom stereocenters. The number of nitrogens with two attached hydrogens (primary N) is 2. The van der Waals surface area contributed by atoms with E-state index < -0.39 is 36.1 Å². The molecule has 16 heavy (non-hydrogen) atoms. The van der Waals surface area contributed by atoms with Crippen LogP contribution in [0, 0.1) is 5.92 Å². The normalized spacial score (nSPS) is 14.1. The Balaban J connectivity index is 4.58. The van der Waals surface area contributed by atoms with Gasteiger partial charge in [-0.15, -0.1) is 0 Å². The van der Waals surface area contributed by atoms with Crippen LogP contribution in [0.1, 0.15) is 19.3 Å². The van der Waals surface area contributed by atoms with E-state index >= 15 is 0 Å². The first-order valence-electron chi connectivity index (χ1n) is 4.84. The molecule has 0 bridgehead atoms. The third-order valence-electron chi connectivity index (χ3n) is 2.20. The minimum atomic E-state index is -1.66. The van der Waals surface area contributed by atoms with Crippen molar-refractivity contribution in [1.82, 2.24) is 0 Å². The number of carbonyl (C=O) groups is 3. The molecular weight excluding hydrogens is 216 g/mol. The molecule has 0 aliphatic rings. The van der Waals surface area contributed by atoms with Crippen LogP contribution in [0.4, 0.5) is 0 Å². The summed E-state index contributed by atoms with van der Waals surface area (Å²) in [5, 5.41) is 17.1. The molecule has 92 valence electrons. The second kappa shape index (κ2) is 6.91. The average molecular weight is 232 g/mol. The monoisotopic (exact) mass is 232 g/mol. The molecule has 0 aliphatic heterocycles. The molecule has 0 rings (SSSR count). The van der Waals surface area contributed by atoms with Gasteiger partial charge in [0.25, 0.3) is 0 Å². The van der Waals surface area contributed by atoms with Gasteiger partial charge in [0.1, 0.15) is 0 Å². The van der Waals surface area contributed by atoms with Crippen LogP contribution in [0.5, 0.6) is 0 Å². The van der Waals surface area contributed by atoms with Gasteiger partial charge in [-0.1, -0.05) is 0 Å². The number of rotatable bonds is 8. The fourth-order valence-electron chi connectivity index (χ4n) is 1.34. The van der Waals surface area contributed by atoms with E-state index in [1.807, 2.05) is 0 Å². The Hall–Kier alpha value is -1.47. The van der Waals surface area contributed by atoms with E-state index in [1.165, 1.54) is 0 Å². The summed E-state index contributed by atoms with van der Waals surface area (Å²) < 4.78 is 0. The molecule has 0 amide bonds. The van der Waals surface area contributed by atoms with Crippen molar-refractivity contribution in [2.75, 3.05) is 6.54 Å². The lowest BCUT2D eigenvalue weighted by Crippen LogP contribution is -2.40. The van der Waals surface area contributed by atoms with E-state index in [2.05, 4.69) is 0 Å². The first-order chi connectivity index (χ1) is 7.40. The van der Waals surface area contributed by atoms with E-state index in [9.17, 15) is 14.4 Å². The Labute approximate surface area is 92.4 Å². The molecule has 2 unspecified atom stereocenters. The highest BCUT2D eigenvalue weighted by atomic mass is 16.4. The number of Topliss-reactive ketones (excluding diaryl/α,β-unsaturated/α-hetero) is 1. The molecule has 0 saturated heterocycles. The second-order valence-corrected chi connectivity index (χ2v) is 3.47. The minimum absolute atomic E-state index is 0.327. The number of hydrogen-bond donors (Lipinski definition) is 4. The quantitative estimate of drug-likeness (QED) is 0.384. The number of hydrogen-bond acceptors (Lipinski definition) is 5. The van der Waals surface area contributed by atoms with E-state index in [-0.39, 0.29) is 0 Å². The van der Waals surface area contributed by atoms with Crippen LogP contribution in [-0.4, -0.2) is 40.5 Å². The van der Waals surface area contributed by atoms with Crippen molar-refractivity contribution >= 4 is 17.7 Å². The summed E-state index contributed by atoms with van der Waals surface area (Å²) in [6.07, 6.45) is 0.272. The number of carboxylic acid groups (broad SMARTS) is 2. The number of ketones is 1. The molecule has 0 aliphatic carbocycles. The zero-order valence-electron chi connectivity index (χ0n) is 8.76. The van der Waals surface area contributed by atoms with Crippen molar-refractivity contribution in [3.05, 3.63) is 0 Å². The summed E-state index contributed by atoms with van der Waals surface area (Å²) in [5.41, 5.74) is 10.8. The third kappa shape index (κ3) is 4.85. The maximum atomic E-state index is 11.2. The maximum absolute atomic E-state index is 11.2. The van der Waals surface area contributed by atoms with Gasteiger partial charge < -0.3 is 21.7 Å². The number of carboxylic acids is 2. The number of carbonyl (C=O) groups excluding carboxylic acids is 1. The molecular formula is C9H16N2O5. The van der Waals surface area contributed by atoms with Crippen molar-refractivity contribution in [2.45, 2.75) is 25.3 Å². The highest BCUT2D eigenvalue weighted by Crippen LogP contribution is 2.13. The molecule has 0 aromatic heterocycles. The van der Waals surface area contributed by atoms with E-state index in [0.29, 0.717) is 19.4 Å². The lowest BCUT2D eigenvalue weighted by molar-refractivity contribution is -0.153. The summed E-state index contributed by atoms with van der Waals surface area (Å²) in [6.45, 7) is 0.356. The third-order valence-corrected chi connectivity index (χ3v) is 2.20. The Morgan fingerprint density at radius 2 is 1.75 bits per heavy atom. The van der Waals surface area contributed by atoms with Crippen LogP contribution < -0.4 is 11.5 Å². The van der Waals surface area contributed by atoms with Gasteiger partial charge in [-0.3, -0.25) is 9.59 Å². The van der Waals surface area contributed by atoms with Crippen LogP contribution in [0.25, 0.3) is 0 Å². The average Bonchev–Trinajstić information content (AvgIpc) is 2.21. The summed E-state index contributed by atoms with van der Waals surface area (Å²) in [4.78, 5) is 32.2. The zero-order valence-corrected chi connectivity index (χ0v) is 8.76. The molecule has 7 heteroatoms. The highest BCUT2D eigenvalue weighted by Gasteiger charge is 2.31. The summed E-state index contributed by atoms with van der Waals surface area (Å²) in [7, 11) is 0. The molecule has 6 N–H and O–H groups in total. The predicted molar refractivity (Wildman–Crippen MR) is 54.6 cm³/mol. The van der Waals surface area contributed by atoms with Gasteiger partial charge in [0.2, 0.25) is 5.78 Å².